The fourth-order valence-electron chi connectivity index (χ4n) is 0.122. The van der Waals surface area contributed by atoms with Crippen LogP contribution in [0.25, 0.3) is 0 Å². The molecule has 0 aromatic carbocycles. The van der Waals surface area contributed by atoms with Crippen molar-refractivity contribution in [2.45, 2.75) is 4.99 Å². The highest BCUT2D eigenvalue weighted by Gasteiger charge is 2.11. The van der Waals surface area contributed by atoms with Gasteiger partial charge in [-0.15, -0.1) is 15.8 Å². The van der Waals surface area contributed by atoms with Gasteiger partial charge in [0.15, 0.2) is 0 Å². The van der Waals surface area contributed by atoms with Crippen molar-refractivity contribution in [2.24, 2.45) is 0 Å². The molecule has 0 radical (unpaired) electrons. The minimum atomic E-state index is -3.91. The number of rotatable bonds is 2. The fourth-order valence-corrected chi connectivity index (χ4v) is 0.365. The Morgan fingerprint density at radius 2 is 2.12 bits per heavy atom. The summed E-state index contributed by atoms with van der Waals surface area (Å²) in [5, 5.41) is 0. The van der Waals surface area contributed by atoms with Crippen molar-refractivity contribution in [1.82, 2.24) is 0 Å². The van der Waals surface area contributed by atoms with Gasteiger partial charge in [0.05, 0.1) is 0 Å². The quantitative estimate of drug-likeness (QED) is 0.352. The third-order valence-corrected chi connectivity index (χ3v) is 2.76. The maximum atomic E-state index is 10.0. The van der Waals surface area contributed by atoms with Crippen molar-refractivity contribution in [3.05, 3.63) is 12.7 Å². The zero-order chi connectivity index (χ0) is 6.78. The van der Waals surface area contributed by atoms with Crippen LogP contribution in [0.5, 0.6) is 0 Å². The van der Waals surface area contributed by atoms with Crippen LogP contribution >= 0.6 is 9.24 Å². The second-order valence-electron chi connectivity index (χ2n) is 1.22. The molecule has 3 nitrogen and oxygen atoms in total. The predicted octanol–water partition coefficient (Wildman–Crippen LogP) is 0.261. The summed E-state index contributed by atoms with van der Waals surface area (Å²) in [6.45, 7) is 3.17. The van der Waals surface area contributed by atoms with E-state index in [0.29, 0.717) is 0 Å². The molecular weight excluding hydrogens is 147 g/mol. The lowest BCUT2D eigenvalue weighted by Gasteiger charge is -1.96. The first kappa shape index (κ1) is 8.08. The van der Waals surface area contributed by atoms with Crippen LogP contribution in [0.1, 0.15) is 0 Å². The minimum absolute atomic E-state index is 0.942. The standard InChI is InChI=1S/C3H7O3PS/c1-2-3(7)8(4,5)6/h2-3H,1,7H2,(H,4,5,6). The smallest absolute Gasteiger partial charge is 0.274 e. The summed E-state index contributed by atoms with van der Waals surface area (Å²) in [5.74, 6) is 0. The Morgan fingerprint density at radius 1 is 1.75 bits per heavy atom. The van der Waals surface area contributed by atoms with Gasteiger partial charge in [0.1, 0.15) is 4.99 Å². The maximum absolute atomic E-state index is 10.0. The Morgan fingerprint density at radius 3 is 2.12 bits per heavy atom. The van der Waals surface area contributed by atoms with Crippen LogP contribution in [0.15, 0.2) is 12.7 Å². The summed E-state index contributed by atoms with van der Waals surface area (Å²) in [7, 11) is -1.98. The first-order valence-electron chi connectivity index (χ1n) is 1.83. The molecule has 48 valence electrons. The molecule has 5 heteroatoms. The molecule has 0 bridgehead atoms. The van der Waals surface area contributed by atoms with Gasteiger partial charge in [-0.2, -0.15) is 8.42 Å². The summed E-state index contributed by atoms with van der Waals surface area (Å²) < 4.78 is 28.2. The van der Waals surface area contributed by atoms with E-state index >= 15 is 0 Å². The molecule has 0 aromatic rings. The van der Waals surface area contributed by atoms with Crippen LogP contribution in [0, 0.1) is 0 Å². The molecule has 0 spiro atoms. The predicted molar refractivity (Wildman–Crippen MR) is 35.2 cm³/mol. The summed E-state index contributed by atoms with van der Waals surface area (Å²) in [4.78, 5) is -0.942. The molecule has 0 saturated heterocycles. The molecule has 2 unspecified atom stereocenters. The van der Waals surface area contributed by atoms with Gasteiger partial charge >= 0.3 is 0 Å². The van der Waals surface area contributed by atoms with Crippen molar-refractivity contribution < 1.29 is 13.0 Å². The van der Waals surface area contributed by atoms with Gasteiger partial charge < -0.3 is 0 Å². The van der Waals surface area contributed by atoms with Crippen molar-refractivity contribution in [3.8, 4) is 0 Å². The van der Waals surface area contributed by atoms with Crippen molar-refractivity contribution in [2.75, 3.05) is 0 Å². The van der Waals surface area contributed by atoms with Crippen LogP contribution in [0.2, 0.25) is 0 Å². The SMILES string of the molecule is C=CC(P)S(=O)(=O)O. The highest BCUT2D eigenvalue weighted by molar-refractivity contribution is 7.90. The van der Waals surface area contributed by atoms with E-state index in [9.17, 15) is 8.42 Å². The van der Waals surface area contributed by atoms with Gasteiger partial charge in [-0.05, 0) is 0 Å². The summed E-state index contributed by atoms with van der Waals surface area (Å²) in [5.41, 5.74) is 0. The largest absolute Gasteiger partial charge is 0.285 e. The van der Waals surface area contributed by atoms with Crippen molar-refractivity contribution in [3.63, 3.8) is 0 Å². The average molecular weight is 154 g/mol. The third-order valence-electron chi connectivity index (χ3n) is 0.576. The van der Waals surface area contributed by atoms with E-state index in [-0.39, 0.29) is 0 Å². The maximum Gasteiger partial charge on any atom is 0.274 e. The van der Waals surface area contributed by atoms with Crippen LogP contribution in [0.3, 0.4) is 0 Å². The molecule has 0 aromatic heterocycles. The summed E-state index contributed by atoms with van der Waals surface area (Å²) in [6, 6.07) is 0. The van der Waals surface area contributed by atoms with E-state index < -0.39 is 15.1 Å². The molecule has 0 fully saturated rings. The molecule has 0 aliphatic carbocycles. The second-order valence-corrected chi connectivity index (χ2v) is 3.99. The Hall–Kier alpha value is 0.0800. The molecule has 0 amide bonds. The van der Waals surface area contributed by atoms with Gasteiger partial charge in [-0.3, -0.25) is 4.55 Å². The Labute approximate surface area is 50.7 Å². The normalized spacial score (nSPS) is 15.2. The van der Waals surface area contributed by atoms with E-state index in [1.165, 1.54) is 0 Å². The highest BCUT2D eigenvalue weighted by atomic mass is 32.2. The molecule has 0 heterocycles. The molecule has 1 N–H and O–H groups in total. The monoisotopic (exact) mass is 154 g/mol. The lowest BCUT2D eigenvalue weighted by Crippen LogP contribution is -2.08. The second kappa shape index (κ2) is 2.58. The zero-order valence-corrected chi connectivity index (χ0v) is 6.08. The van der Waals surface area contributed by atoms with Gasteiger partial charge in [-0.25, -0.2) is 0 Å². The van der Waals surface area contributed by atoms with Crippen LogP contribution in [-0.4, -0.2) is 18.0 Å². The van der Waals surface area contributed by atoms with E-state index in [1.54, 1.807) is 0 Å². The van der Waals surface area contributed by atoms with E-state index in [4.69, 9.17) is 4.55 Å². The molecule has 0 aliphatic rings. The topological polar surface area (TPSA) is 54.4 Å². The van der Waals surface area contributed by atoms with Gasteiger partial charge in [0, 0.05) is 0 Å². The minimum Gasteiger partial charge on any atom is -0.285 e. The van der Waals surface area contributed by atoms with Gasteiger partial charge in [-0.1, -0.05) is 6.08 Å². The molecule has 8 heavy (non-hydrogen) atoms. The molecule has 2 atom stereocenters. The number of hydrogen-bond acceptors (Lipinski definition) is 2. The first-order valence-corrected chi connectivity index (χ1v) is 4.00. The van der Waals surface area contributed by atoms with Crippen LogP contribution in [0.4, 0.5) is 0 Å². The van der Waals surface area contributed by atoms with Gasteiger partial charge in [0.2, 0.25) is 0 Å². The van der Waals surface area contributed by atoms with Gasteiger partial charge in [0.25, 0.3) is 10.1 Å². The summed E-state index contributed by atoms with van der Waals surface area (Å²) >= 11 is 0. The molecule has 0 aliphatic heterocycles. The first-order chi connectivity index (χ1) is 3.48. The number of hydrogen-bond donors (Lipinski definition) is 1. The summed E-state index contributed by atoms with van der Waals surface area (Å²) in [6.07, 6.45) is 1.12. The third kappa shape index (κ3) is 2.40. The van der Waals surface area contributed by atoms with E-state index in [0.717, 1.165) is 6.08 Å². The lowest BCUT2D eigenvalue weighted by molar-refractivity contribution is 0.484. The molecule has 0 saturated carbocycles. The lowest BCUT2D eigenvalue weighted by atomic mass is 10.8. The molecule has 0 rings (SSSR count). The van der Waals surface area contributed by atoms with E-state index in [1.807, 2.05) is 9.24 Å². The van der Waals surface area contributed by atoms with Crippen molar-refractivity contribution >= 4 is 19.4 Å². The highest BCUT2D eigenvalue weighted by Crippen LogP contribution is 2.06. The Kier molecular flexibility index (Phi) is 2.60. The van der Waals surface area contributed by atoms with Crippen LogP contribution < -0.4 is 0 Å². The zero-order valence-electron chi connectivity index (χ0n) is 4.11. The van der Waals surface area contributed by atoms with E-state index in [2.05, 4.69) is 6.58 Å². The van der Waals surface area contributed by atoms with Crippen LogP contribution in [-0.2, 0) is 10.1 Å². The average Bonchev–Trinajstić information content (AvgIpc) is 1.62. The Balaban J connectivity index is 4.26. The fraction of sp³-hybridized carbons (Fsp3) is 0.333. The van der Waals surface area contributed by atoms with Crippen molar-refractivity contribution in [1.29, 1.82) is 0 Å². The Bertz CT molecular complexity index is 171. The molecular formula is C3H7O3PS.